The van der Waals surface area contributed by atoms with Crippen LogP contribution >= 0.6 is 0 Å². The number of para-hydroxylation sites is 2. The van der Waals surface area contributed by atoms with Crippen molar-refractivity contribution < 1.29 is 9.18 Å². The Morgan fingerprint density at radius 1 is 0.966 bits per heavy atom. The summed E-state index contributed by atoms with van der Waals surface area (Å²) >= 11 is 0. The number of hydrogen-bond acceptors (Lipinski definition) is 2. The fourth-order valence-electron chi connectivity index (χ4n) is 3.30. The Hall–Kier alpha value is -3.73. The number of nitrogens with one attached hydrogen (secondary N) is 1. The summed E-state index contributed by atoms with van der Waals surface area (Å²) in [5, 5.41) is 7.20. The van der Waals surface area contributed by atoms with Crippen LogP contribution < -0.4 is 5.32 Å². The lowest BCUT2D eigenvalue weighted by Crippen LogP contribution is -2.14. The van der Waals surface area contributed by atoms with Crippen LogP contribution in [-0.4, -0.2) is 15.7 Å². The van der Waals surface area contributed by atoms with Gasteiger partial charge in [0.1, 0.15) is 11.5 Å². The van der Waals surface area contributed by atoms with Gasteiger partial charge in [0.2, 0.25) is 0 Å². The van der Waals surface area contributed by atoms with Crippen molar-refractivity contribution in [3.05, 3.63) is 113 Å². The maximum Gasteiger partial charge on any atom is 0.259 e. The second kappa shape index (κ2) is 8.10. The molecule has 1 heterocycles. The smallest absolute Gasteiger partial charge is 0.259 e. The molecule has 4 nitrogen and oxygen atoms in total. The van der Waals surface area contributed by atoms with E-state index in [2.05, 4.69) is 22.5 Å². The normalized spacial score (nSPS) is 10.7. The van der Waals surface area contributed by atoms with Gasteiger partial charge in [-0.1, -0.05) is 60.7 Å². The van der Waals surface area contributed by atoms with Crippen molar-refractivity contribution in [2.24, 2.45) is 0 Å². The van der Waals surface area contributed by atoms with E-state index in [1.54, 1.807) is 25.1 Å². The monoisotopic (exact) mass is 385 g/mol. The van der Waals surface area contributed by atoms with E-state index in [1.165, 1.54) is 16.9 Å². The molecule has 1 aromatic heterocycles. The summed E-state index contributed by atoms with van der Waals surface area (Å²) < 4.78 is 15.6. The van der Waals surface area contributed by atoms with E-state index in [0.717, 1.165) is 16.8 Å². The Labute approximate surface area is 168 Å². The van der Waals surface area contributed by atoms with Gasteiger partial charge in [0.05, 0.1) is 17.5 Å². The van der Waals surface area contributed by atoms with Crippen molar-refractivity contribution in [2.75, 3.05) is 5.32 Å². The highest BCUT2D eigenvalue weighted by Gasteiger charge is 2.17. The summed E-state index contributed by atoms with van der Waals surface area (Å²) in [5.41, 5.74) is 4.23. The van der Waals surface area contributed by atoms with Gasteiger partial charge in [0.15, 0.2) is 0 Å². The van der Waals surface area contributed by atoms with Crippen molar-refractivity contribution in [2.45, 2.75) is 13.3 Å². The highest BCUT2D eigenvalue weighted by molar-refractivity contribution is 6.05. The van der Waals surface area contributed by atoms with Crippen molar-refractivity contribution in [3.8, 4) is 5.69 Å². The SMILES string of the molecule is Cc1c(C(=O)Nc2ccccc2Cc2ccccc2)cnn1-c1ccccc1F. The van der Waals surface area contributed by atoms with Crippen molar-refractivity contribution >= 4 is 11.6 Å². The van der Waals surface area contributed by atoms with E-state index in [-0.39, 0.29) is 11.7 Å². The molecule has 0 saturated heterocycles. The molecule has 144 valence electrons. The van der Waals surface area contributed by atoms with Crippen LogP contribution in [0.2, 0.25) is 0 Å². The summed E-state index contributed by atoms with van der Waals surface area (Å²) in [4.78, 5) is 12.9. The lowest BCUT2D eigenvalue weighted by atomic mass is 10.0. The van der Waals surface area contributed by atoms with Crippen molar-refractivity contribution in [1.29, 1.82) is 0 Å². The molecule has 0 aliphatic rings. The van der Waals surface area contributed by atoms with E-state index in [1.807, 2.05) is 42.5 Å². The van der Waals surface area contributed by atoms with E-state index in [9.17, 15) is 9.18 Å². The molecular formula is C24H20FN3O. The molecular weight excluding hydrogens is 365 g/mol. The zero-order valence-corrected chi connectivity index (χ0v) is 16.0. The van der Waals surface area contributed by atoms with Crippen LogP contribution in [0.5, 0.6) is 0 Å². The van der Waals surface area contributed by atoms with Crippen LogP contribution in [0.1, 0.15) is 27.2 Å². The third kappa shape index (κ3) is 3.94. The first-order valence-corrected chi connectivity index (χ1v) is 9.36. The summed E-state index contributed by atoms with van der Waals surface area (Å²) in [5.74, 6) is -0.663. The summed E-state index contributed by atoms with van der Waals surface area (Å²) in [6.45, 7) is 1.75. The largest absolute Gasteiger partial charge is 0.322 e. The average molecular weight is 385 g/mol. The van der Waals surface area contributed by atoms with Crippen LogP contribution in [-0.2, 0) is 6.42 Å². The minimum absolute atomic E-state index is 0.273. The summed E-state index contributed by atoms with van der Waals surface area (Å²) in [6, 6.07) is 24.2. The molecule has 0 unspecified atom stereocenters. The quantitative estimate of drug-likeness (QED) is 0.516. The van der Waals surface area contributed by atoms with Gasteiger partial charge in [-0.15, -0.1) is 0 Å². The molecule has 0 aliphatic heterocycles. The summed E-state index contributed by atoms with van der Waals surface area (Å²) in [7, 11) is 0. The summed E-state index contributed by atoms with van der Waals surface area (Å²) in [6.07, 6.45) is 2.18. The number of rotatable bonds is 5. The minimum atomic E-state index is -0.390. The molecule has 0 spiro atoms. The molecule has 1 amide bonds. The highest BCUT2D eigenvalue weighted by Crippen LogP contribution is 2.22. The van der Waals surface area contributed by atoms with Gasteiger partial charge in [0, 0.05) is 5.69 Å². The number of halogens is 1. The number of nitrogens with zero attached hydrogens (tertiary/aromatic N) is 2. The molecule has 0 fully saturated rings. The molecule has 1 N–H and O–H groups in total. The molecule has 4 rings (SSSR count). The fraction of sp³-hybridized carbons (Fsp3) is 0.0833. The standard InChI is InChI=1S/C24H20FN3O/c1-17-20(16-26-28(17)23-14-8-6-12-21(23)25)24(29)27-22-13-7-5-11-19(22)15-18-9-3-2-4-10-18/h2-14,16H,15H2,1H3,(H,27,29). The first-order valence-electron chi connectivity index (χ1n) is 9.36. The molecule has 4 aromatic rings. The third-order valence-corrected chi connectivity index (χ3v) is 4.84. The van der Waals surface area contributed by atoms with Crippen LogP contribution in [0.25, 0.3) is 5.69 Å². The maximum absolute atomic E-state index is 14.1. The van der Waals surface area contributed by atoms with Gasteiger partial charge in [-0.2, -0.15) is 5.10 Å². The number of aromatic nitrogens is 2. The molecule has 5 heteroatoms. The van der Waals surface area contributed by atoms with Crippen LogP contribution in [0.3, 0.4) is 0 Å². The number of amides is 1. The predicted octanol–water partition coefficient (Wildman–Crippen LogP) is 5.16. The van der Waals surface area contributed by atoms with Crippen LogP contribution in [0.15, 0.2) is 85.1 Å². The number of hydrogen-bond donors (Lipinski definition) is 1. The highest BCUT2D eigenvalue weighted by atomic mass is 19.1. The Morgan fingerprint density at radius 3 is 2.45 bits per heavy atom. The third-order valence-electron chi connectivity index (χ3n) is 4.84. The lowest BCUT2D eigenvalue weighted by Gasteiger charge is -2.11. The maximum atomic E-state index is 14.1. The Morgan fingerprint density at radius 2 is 1.66 bits per heavy atom. The van der Waals surface area contributed by atoms with Gasteiger partial charge in [-0.25, -0.2) is 9.07 Å². The minimum Gasteiger partial charge on any atom is -0.322 e. The molecule has 0 aliphatic carbocycles. The van der Waals surface area contributed by atoms with Gasteiger partial charge >= 0.3 is 0 Å². The fourth-order valence-corrected chi connectivity index (χ4v) is 3.30. The van der Waals surface area contributed by atoms with Gasteiger partial charge in [0.25, 0.3) is 5.91 Å². The Balaban J connectivity index is 1.59. The van der Waals surface area contributed by atoms with Crippen molar-refractivity contribution in [1.82, 2.24) is 9.78 Å². The van der Waals surface area contributed by atoms with E-state index in [4.69, 9.17) is 0 Å². The molecule has 29 heavy (non-hydrogen) atoms. The van der Waals surface area contributed by atoms with E-state index in [0.29, 0.717) is 23.4 Å². The van der Waals surface area contributed by atoms with Crippen LogP contribution in [0, 0.1) is 12.7 Å². The number of benzene rings is 3. The predicted molar refractivity (Wildman–Crippen MR) is 112 cm³/mol. The molecule has 0 radical (unpaired) electrons. The molecule has 0 saturated carbocycles. The second-order valence-electron chi connectivity index (χ2n) is 6.78. The van der Waals surface area contributed by atoms with E-state index < -0.39 is 0 Å². The number of carbonyl (C=O) groups excluding carboxylic acids is 1. The first kappa shape index (κ1) is 18.6. The van der Waals surface area contributed by atoms with Gasteiger partial charge in [-0.05, 0) is 42.7 Å². The average Bonchev–Trinajstić information content (AvgIpc) is 3.12. The van der Waals surface area contributed by atoms with Gasteiger partial charge < -0.3 is 5.32 Å². The van der Waals surface area contributed by atoms with Crippen LogP contribution in [0.4, 0.5) is 10.1 Å². The van der Waals surface area contributed by atoms with E-state index >= 15 is 0 Å². The van der Waals surface area contributed by atoms with Gasteiger partial charge in [-0.3, -0.25) is 4.79 Å². The topological polar surface area (TPSA) is 46.9 Å². The second-order valence-corrected chi connectivity index (χ2v) is 6.78. The zero-order valence-electron chi connectivity index (χ0n) is 16.0. The molecule has 0 bridgehead atoms. The molecule has 0 atom stereocenters. The number of carbonyl (C=O) groups is 1. The zero-order chi connectivity index (χ0) is 20.2. The first-order chi connectivity index (χ1) is 14.1. The Kier molecular flexibility index (Phi) is 5.20. The lowest BCUT2D eigenvalue weighted by molar-refractivity contribution is 0.102. The molecule has 3 aromatic carbocycles. The Bertz CT molecular complexity index is 1150. The number of anilines is 1. The van der Waals surface area contributed by atoms with Crippen molar-refractivity contribution in [3.63, 3.8) is 0 Å².